The lowest BCUT2D eigenvalue weighted by Gasteiger charge is -2.36. The first-order valence-corrected chi connectivity index (χ1v) is 22.7. The molecule has 2 aliphatic rings. The van der Waals surface area contributed by atoms with Gasteiger partial charge in [-0.3, -0.25) is 19.2 Å². The predicted octanol–water partition coefficient (Wildman–Crippen LogP) is 4.78. The van der Waals surface area contributed by atoms with Gasteiger partial charge in [0.15, 0.2) is 0 Å². The van der Waals surface area contributed by atoms with Crippen molar-refractivity contribution in [2.45, 2.75) is 118 Å². The van der Waals surface area contributed by atoms with Crippen LogP contribution in [0.2, 0.25) is 0 Å². The topological polar surface area (TPSA) is 174 Å². The van der Waals surface area contributed by atoms with Crippen molar-refractivity contribution >= 4 is 51.3 Å². The minimum Gasteiger partial charge on any atom is -0.345 e. The molecule has 0 bridgehead atoms. The lowest BCUT2D eigenvalue weighted by Crippen LogP contribution is -2.61. The Kier molecular flexibility index (Phi) is 17.9. The molecule has 318 valence electrons. The van der Waals surface area contributed by atoms with Gasteiger partial charge < -0.3 is 26.2 Å². The fourth-order valence-corrected chi connectivity index (χ4v) is 8.82. The number of thioether (sulfide) groups is 1. The summed E-state index contributed by atoms with van der Waals surface area (Å²) in [6.07, 6.45) is 5.03. The SMILES string of the molecule is C=C(CNC(=O)C(=O)C(CCCC)NC(=O)[C@@H]1[C@@H](C(C)C)CCN1C(=O)[C@@H](NC(=O)N[C@H](CN(C)S(=O)(=O)CC)C(C)(C)C)C1Cc2ccccc2C1)S/C=C\C. The fourth-order valence-electron chi connectivity index (χ4n) is 7.52. The number of ketones is 1. The number of rotatable bonds is 20. The first-order chi connectivity index (χ1) is 26.7. The molecule has 57 heavy (non-hydrogen) atoms. The maximum Gasteiger partial charge on any atom is 0.315 e. The second kappa shape index (κ2) is 21.4. The van der Waals surface area contributed by atoms with Gasteiger partial charge in [0.25, 0.3) is 5.91 Å². The largest absolute Gasteiger partial charge is 0.345 e. The third-order valence-corrected chi connectivity index (χ3v) is 13.8. The summed E-state index contributed by atoms with van der Waals surface area (Å²) >= 11 is 1.34. The summed E-state index contributed by atoms with van der Waals surface area (Å²) in [5.74, 6) is -3.14. The highest BCUT2D eigenvalue weighted by molar-refractivity contribution is 8.05. The van der Waals surface area contributed by atoms with Gasteiger partial charge in [0.1, 0.15) is 12.1 Å². The van der Waals surface area contributed by atoms with Gasteiger partial charge in [0, 0.05) is 37.6 Å². The molecule has 5 atom stereocenters. The number of sulfonamides is 1. The van der Waals surface area contributed by atoms with Gasteiger partial charge in [-0.05, 0) is 79.2 Å². The molecule has 3 rings (SSSR count). The normalized spacial score (nSPS) is 19.0. The van der Waals surface area contributed by atoms with E-state index in [1.807, 2.05) is 84.2 Å². The molecule has 0 radical (unpaired) electrons. The number of fused-ring (bicyclic) bond motifs is 1. The lowest BCUT2D eigenvalue weighted by atomic mass is 9.86. The van der Waals surface area contributed by atoms with Crippen LogP contribution in [-0.4, -0.2) is 104 Å². The predicted molar refractivity (Wildman–Crippen MR) is 228 cm³/mol. The number of unbranched alkanes of at least 4 members (excludes halogenated alkanes) is 1. The Hall–Kier alpha value is -3.69. The zero-order valence-electron chi connectivity index (χ0n) is 35.4. The molecule has 1 fully saturated rings. The average Bonchev–Trinajstić information content (AvgIpc) is 3.81. The number of hydrogen-bond donors (Lipinski definition) is 4. The minimum atomic E-state index is -3.53. The molecule has 1 unspecified atom stereocenters. The van der Waals surface area contributed by atoms with E-state index in [0.717, 1.165) is 17.5 Å². The van der Waals surface area contributed by atoms with E-state index in [1.54, 1.807) is 11.8 Å². The molecule has 1 aromatic rings. The quantitative estimate of drug-likeness (QED) is 0.136. The maximum absolute atomic E-state index is 14.9. The van der Waals surface area contributed by atoms with Crippen LogP contribution in [0.15, 0.2) is 47.2 Å². The molecule has 0 aromatic heterocycles. The van der Waals surface area contributed by atoms with Crippen molar-refractivity contribution < 1.29 is 32.4 Å². The monoisotopic (exact) mass is 830 g/mol. The van der Waals surface area contributed by atoms with E-state index in [-0.39, 0.29) is 49.6 Å². The van der Waals surface area contributed by atoms with E-state index in [0.29, 0.717) is 30.6 Å². The van der Waals surface area contributed by atoms with Crippen molar-refractivity contribution in [2.24, 2.45) is 23.2 Å². The number of carbonyl (C=O) groups excluding carboxylic acids is 5. The number of nitrogens with zero attached hydrogens (tertiary/aromatic N) is 2. The Morgan fingerprint density at radius 3 is 2.21 bits per heavy atom. The molecule has 1 heterocycles. The van der Waals surface area contributed by atoms with Gasteiger partial charge in [-0.2, -0.15) is 0 Å². The molecule has 4 N–H and O–H groups in total. The Bertz CT molecular complexity index is 1720. The Balaban J connectivity index is 1.92. The second-order valence-electron chi connectivity index (χ2n) is 16.7. The van der Waals surface area contributed by atoms with Crippen molar-refractivity contribution in [1.82, 2.24) is 30.5 Å². The number of carbonyl (C=O) groups is 5. The van der Waals surface area contributed by atoms with Crippen molar-refractivity contribution in [3.8, 4) is 0 Å². The molecule has 13 nitrogen and oxygen atoms in total. The smallest absolute Gasteiger partial charge is 0.315 e. The van der Waals surface area contributed by atoms with Crippen molar-refractivity contribution in [3.63, 3.8) is 0 Å². The van der Waals surface area contributed by atoms with E-state index in [9.17, 15) is 32.4 Å². The Labute approximate surface area is 345 Å². The van der Waals surface area contributed by atoms with Gasteiger partial charge in [-0.1, -0.05) is 91.3 Å². The van der Waals surface area contributed by atoms with Crippen molar-refractivity contribution in [1.29, 1.82) is 0 Å². The third kappa shape index (κ3) is 13.2. The Morgan fingerprint density at radius 1 is 1.04 bits per heavy atom. The average molecular weight is 831 g/mol. The number of likely N-dealkylation sites (N-methyl/N-ethyl adjacent to an activating group) is 1. The first kappa shape index (κ1) is 47.7. The van der Waals surface area contributed by atoms with Crippen LogP contribution < -0.4 is 21.3 Å². The summed E-state index contributed by atoms with van der Waals surface area (Å²) in [7, 11) is -2.04. The number of allylic oxidation sites excluding steroid dienone is 1. The van der Waals surface area contributed by atoms with Crippen LogP contribution in [0.25, 0.3) is 0 Å². The number of hydrogen-bond acceptors (Lipinski definition) is 8. The summed E-state index contributed by atoms with van der Waals surface area (Å²) in [6.45, 7) is 19.4. The molecule has 1 aliphatic heterocycles. The highest BCUT2D eigenvalue weighted by Crippen LogP contribution is 2.35. The summed E-state index contributed by atoms with van der Waals surface area (Å²) in [6, 6.07) is 3.63. The molecular formula is C42H66N6O7S2. The zero-order chi connectivity index (χ0) is 42.7. The second-order valence-corrected chi connectivity index (χ2v) is 20.1. The fraction of sp³-hybridized carbons (Fsp3) is 0.643. The van der Waals surface area contributed by atoms with E-state index in [1.165, 1.54) is 23.1 Å². The number of likely N-dealkylation sites (tertiary alicyclic amines) is 1. The number of nitrogens with one attached hydrogen (secondary N) is 4. The number of amides is 5. The van der Waals surface area contributed by atoms with Gasteiger partial charge in [0.2, 0.25) is 27.6 Å². The molecule has 1 aliphatic carbocycles. The van der Waals surface area contributed by atoms with E-state index in [4.69, 9.17) is 0 Å². The van der Waals surface area contributed by atoms with Crippen molar-refractivity contribution in [3.05, 3.63) is 58.4 Å². The van der Waals surface area contributed by atoms with Crippen molar-refractivity contribution in [2.75, 3.05) is 32.4 Å². The van der Waals surface area contributed by atoms with Crippen LogP contribution in [-0.2, 0) is 42.0 Å². The molecule has 15 heteroatoms. The molecule has 0 saturated carbocycles. The zero-order valence-corrected chi connectivity index (χ0v) is 37.0. The highest BCUT2D eigenvalue weighted by Gasteiger charge is 2.48. The van der Waals surface area contributed by atoms with E-state index < -0.39 is 69.1 Å². The lowest BCUT2D eigenvalue weighted by molar-refractivity contribution is -0.144. The first-order valence-electron chi connectivity index (χ1n) is 20.2. The third-order valence-electron chi connectivity index (χ3n) is 11.1. The standard InChI is InChI=1S/C42H66N6O7S2/c1-11-14-19-33(37(49)39(51)43-25-28(6)56-22-12-2)44-38(50)36-32(27(4)5)20-21-48(36)40(52)35(31-23-29-17-15-16-18-30(29)24-31)46-41(53)45-34(42(7,8)9)26-47(10)57(54,55)13-3/h12,15-18,22,27,31-36H,6,11,13-14,19-21,23-26H2,1-5,7-10H3,(H,43,51)(H,44,50)(H2,45,46,53)/b22-12-/t32-,33?,34-,35+,36+/m1/s1. The van der Waals surface area contributed by atoms with Crippen LogP contribution in [0.4, 0.5) is 4.79 Å². The van der Waals surface area contributed by atoms with Gasteiger partial charge >= 0.3 is 6.03 Å². The number of benzene rings is 1. The number of Topliss-reactive ketones (excluding diaryl/α,β-unsaturated/α-hetero) is 1. The molecular weight excluding hydrogens is 765 g/mol. The van der Waals surface area contributed by atoms with Gasteiger partial charge in [0.05, 0.1) is 11.8 Å². The molecule has 5 amide bonds. The Morgan fingerprint density at radius 2 is 1.67 bits per heavy atom. The maximum atomic E-state index is 14.9. The van der Waals surface area contributed by atoms with Crippen LogP contribution in [0, 0.1) is 23.2 Å². The summed E-state index contributed by atoms with van der Waals surface area (Å²) in [4.78, 5) is 72.0. The van der Waals surface area contributed by atoms with Gasteiger partial charge in [-0.15, -0.1) is 11.8 Å². The minimum absolute atomic E-state index is 0.00157. The highest BCUT2D eigenvalue weighted by atomic mass is 32.2. The van der Waals surface area contributed by atoms with Crippen LogP contribution in [0.5, 0.6) is 0 Å². The van der Waals surface area contributed by atoms with E-state index in [2.05, 4.69) is 27.8 Å². The van der Waals surface area contributed by atoms with Crippen LogP contribution in [0.3, 0.4) is 0 Å². The van der Waals surface area contributed by atoms with Crippen LogP contribution in [0.1, 0.15) is 92.2 Å². The summed E-state index contributed by atoms with van der Waals surface area (Å²) in [5.41, 5.74) is 1.62. The van der Waals surface area contributed by atoms with E-state index >= 15 is 0 Å². The van der Waals surface area contributed by atoms with Gasteiger partial charge in [-0.25, -0.2) is 17.5 Å². The summed E-state index contributed by atoms with van der Waals surface area (Å²) in [5, 5.41) is 13.3. The summed E-state index contributed by atoms with van der Waals surface area (Å²) < 4.78 is 26.5. The van der Waals surface area contributed by atoms with Crippen LogP contribution >= 0.6 is 11.8 Å². The molecule has 1 saturated heterocycles. The molecule has 1 aromatic carbocycles. The molecule has 0 spiro atoms. The number of urea groups is 1.